The molecule has 8 heteroatoms. The minimum atomic E-state index is -5.55. The fraction of sp³-hybridized carbons (Fsp3) is 0.143. The Kier molecular flexibility index (Phi) is 4.63. The molecule has 1 aromatic rings. The standard InChI is InChI=1S/C7H5F3O3S.H2Se/c8-7(9,10)14(11,12)13-6-4-2-1-3-5-6;/h1-5H;1H2. The fourth-order valence-electron chi connectivity index (χ4n) is 0.650. The molecular formula is C7H7F3O3SSe. The van der Waals surface area contributed by atoms with E-state index in [1.54, 1.807) is 0 Å². The summed E-state index contributed by atoms with van der Waals surface area (Å²) >= 11 is 0. The molecule has 0 fully saturated rings. The van der Waals surface area contributed by atoms with Crippen LogP contribution >= 0.6 is 0 Å². The van der Waals surface area contributed by atoms with Crippen molar-refractivity contribution in [3.05, 3.63) is 30.3 Å². The zero-order valence-electron chi connectivity index (χ0n) is 7.15. The summed E-state index contributed by atoms with van der Waals surface area (Å²) in [4.78, 5) is 0. The van der Waals surface area contributed by atoms with Crippen LogP contribution in [-0.4, -0.2) is 31.0 Å². The van der Waals surface area contributed by atoms with Gasteiger partial charge in [0.25, 0.3) is 0 Å². The van der Waals surface area contributed by atoms with E-state index in [4.69, 9.17) is 0 Å². The molecule has 0 N–H and O–H groups in total. The van der Waals surface area contributed by atoms with Crippen molar-refractivity contribution in [1.29, 1.82) is 0 Å². The van der Waals surface area contributed by atoms with Gasteiger partial charge in [-0.15, -0.1) is 0 Å². The molecule has 86 valence electrons. The average Bonchev–Trinajstić information content (AvgIpc) is 2.03. The Hall–Kier alpha value is -0.721. The Morgan fingerprint density at radius 3 is 1.93 bits per heavy atom. The molecule has 0 unspecified atom stereocenters. The Balaban J connectivity index is 0.00000196. The monoisotopic (exact) mass is 308 g/mol. The van der Waals surface area contributed by atoms with Crippen LogP contribution in [0.25, 0.3) is 0 Å². The molecule has 0 atom stereocenters. The van der Waals surface area contributed by atoms with E-state index in [2.05, 4.69) is 4.18 Å². The van der Waals surface area contributed by atoms with E-state index in [1.165, 1.54) is 18.2 Å². The summed E-state index contributed by atoms with van der Waals surface area (Å²) in [6, 6.07) is 6.47. The van der Waals surface area contributed by atoms with Crippen LogP contribution in [0.3, 0.4) is 0 Å². The number of hydrogen-bond acceptors (Lipinski definition) is 3. The molecule has 0 spiro atoms. The molecule has 0 bridgehead atoms. The topological polar surface area (TPSA) is 43.4 Å². The molecule has 1 rings (SSSR count). The van der Waals surface area contributed by atoms with Gasteiger partial charge in [0.15, 0.2) is 0 Å². The summed E-state index contributed by atoms with van der Waals surface area (Å²) in [5, 5.41) is 0. The van der Waals surface area contributed by atoms with Crippen LogP contribution < -0.4 is 4.18 Å². The predicted octanol–water partition coefficient (Wildman–Crippen LogP) is 0.999. The van der Waals surface area contributed by atoms with Gasteiger partial charge < -0.3 is 4.18 Å². The Labute approximate surface area is 94.8 Å². The first-order valence-electron chi connectivity index (χ1n) is 3.39. The van der Waals surface area contributed by atoms with Gasteiger partial charge in [-0.2, -0.15) is 21.6 Å². The van der Waals surface area contributed by atoms with E-state index in [1.807, 2.05) is 0 Å². The van der Waals surface area contributed by atoms with Crippen molar-refractivity contribution in [2.24, 2.45) is 0 Å². The molecule has 0 amide bonds. The van der Waals surface area contributed by atoms with Crippen molar-refractivity contribution in [2.45, 2.75) is 5.51 Å². The van der Waals surface area contributed by atoms with Gasteiger partial charge in [-0.3, -0.25) is 0 Å². The molecule has 0 saturated heterocycles. The molecule has 3 nitrogen and oxygen atoms in total. The van der Waals surface area contributed by atoms with E-state index in [-0.39, 0.29) is 22.8 Å². The Bertz CT molecular complexity index is 401. The average molecular weight is 307 g/mol. The van der Waals surface area contributed by atoms with Crippen molar-refractivity contribution >= 4 is 27.2 Å². The van der Waals surface area contributed by atoms with Crippen LogP contribution in [0.4, 0.5) is 13.2 Å². The van der Waals surface area contributed by atoms with Crippen LogP contribution in [0.2, 0.25) is 0 Å². The second-order valence-electron chi connectivity index (χ2n) is 2.30. The van der Waals surface area contributed by atoms with Crippen molar-refractivity contribution in [2.75, 3.05) is 0 Å². The van der Waals surface area contributed by atoms with Gasteiger partial charge >= 0.3 is 32.7 Å². The van der Waals surface area contributed by atoms with E-state index in [0.717, 1.165) is 12.1 Å². The molecule has 0 saturated carbocycles. The number of hydrogen-bond donors (Lipinski definition) is 0. The van der Waals surface area contributed by atoms with Crippen molar-refractivity contribution in [3.63, 3.8) is 0 Å². The maximum absolute atomic E-state index is 11.8. The van der Waals surface area contributed by atoms with Crippen LogP contribution in [0, 0.1) is 0 Å². The molecule has 0 aliphatic rings. The van der Waals surface area contributed by atoms with E-state index in [9.17, 15) is 21.6 Å². The second kappa shape index (κ2) is 4.87. The Morgan fingerprint density at radius 1 is 1.07 bits per heavy atom. The van der Waals surface area contributed by atoms with Crippen molar-refractivity contribution in [1.82, 2.24) is 0 Å². The number of halogens is 3. The van der Waals surface area contributed by atoms with Crippen molar-refractivity contribution < 1.29 is 25.8 Å². The third-order valence-electron chi connectivity index (χ3n) is 1.23. The maximum atomic E-state index is 11.8. The third-order valence-corrected chi connectivity index (χ3v) is 2.21. The normalized spacial score (nSPS) is 11.7. The van der Waals surface area contributed by atoms with E-state index >= 15 is 0 Å². The number of alkyl halides is 3. The molecule has 0 aromatic heterocycles. The second-order valence-corrected chi connectivity index (χ2v) is 3.83. The van der Waals surface area contributed by atoms with Gasteiger partial charge in [0.05, 0.1) is 0 Å². The summed E-state index contributed by atoms with van der Waals surface area (Å²) in [5.74, 6) is -0.371. The SMILES string of the molecule is O=S(=O)(Oc1ccccc1)C(F)(F)F.[SeH2]. The predicted molar refractivity (Wildman–Crippen MR) is 50.6 cm³/mol. The van der Waals surface area contributed by atoms with Gasteiger partial charge in [-0.25, -0.2) is 0 Å². The third kappa shape index (κ3) is 3.73. The number of benzene rings is 1. The summed E-state index contributed by atoms with van der Waals surface area (Å²) in [7, 11) is -5.55. The van der Waals surface area contributed by atoms with Crippen LogP contribution in [0.5, 0.6) is 5.75 Å². The zero-order chi connectivity index (χ0) is 10.8. The summed E-state index contributed by atoms with van der Waals surface area (Å²) in [6.07, 6.45) is 0. The summed E-state index contributed by atoms with van der Waals surface area (Å²) < 4.78 is 60.2. The van der Waals surface area contributed by atoms with Gasteiger partial charge in [-0.05, 0) is 12.1 Å². The van der Waals surface area contributed by atoms with E-state index < -0.39 is 15.6 Å². The molecule has 0 aliphatic heterocycles. The van der Waals surface area contributed by atoms with Gasteiger partial charge in [0.2, 0.25) is 0 Å². The molecule has 0 aliphatic carbocycles. The van der Waals surface area contributed by atoms with Crippen molar-refractivity contribution in [3.8, 4) is 5.75 Å². The number of rotatable bonds is 2. The first-order valence-corrected chi connectivity index (χ1v) is 4.79. The zero-order valence-corrected chi connectivity index (χ0v) is 10.1. The Morgan fingerprint density at radius 2 is 1.53 bits per heavy atom. The molecular weight excluding hydrogens is 300 g/mol. The van der Waals surface area contributed by atoms with Gasteiger partial charge in [-0.1, -0.05) is 18.2 Å². The first kappa shape index (κ1) is 14.3. The van der Waals surface area contributed by atoms with Gasteiger partial charge in [0, 0.05) is 0 Å². The fourth-order valence-corrected chi connectivity index (χ4v) is 1.11. The quantitative estimate of drug-likeness (QED) is 0.465. The summed E-state index contributed by atoms with van der Waals surface area (Å²) in [5.41, 5.74) is -5.40. The van der Waals surface area contributed by atoms with Crippen LogP contribution in [-0.2, 0) is 10.1 Å². The summed E-state index contributed by atoms with van der Waals surface area (Å²) in [6.45, 7) is 0. The van der Waals surface area contributed by atoms with E-state index in [0.29, 0.717) is 0 Å². The van der Waals surface area contributed by atoms with Crippen LogP contribution in [0.1, 0.15) is 0 Å². The minimum absolute atomic E-state index is 0. The molecule has 0 radical (unpaired) electrons. The molecule has 0 heterocycles. The first-order chi connectivity index (χ1) is 6.33. The van der Waals surface area contributed by atoms with Crippen LogP contribution in [0.15, 0.2) is 30.3 Å². The molecule has 15 heavy (non-hydrogen) atoms. The number of para-hydroxylation sites is 1. The molecule has 1 aromatic carbocycles. The van der Waals surface area contributed by atoms with Gasteiger partial charge in [0.1, 0.15) is 5.75 Å².